The average Bonchev–Trinajstić information content (AvgIpc) is 3.00. The molecule has 1 aromatic heterocycles. The molecule has 0 spiro atoms. The van der Waals surface area contributed by atoms with Gasteiger partial charge in [0, 0.05) is 32.6 Å². The van der Waals surface area contributed by atoms with Gasteiger partial charge in [0.2, 0.25) is 0 Å². The summed E-state index contributed by atoms with van der Waals surface area (Å²) in [4.78, 5) is 39.6. The molecule has 0 radical (unpaired) electrons. The molecule has 21 heavy (non-hydrogen) atoms. The minimum atomic E-state index is -0.432. The van der Waals surface area contributed by atoms with Crippen LogP contribution in [0, 0.1) is 0 Å². The molecular weight excluding hydrogens is 288 g/mol. The quantitative estimate of drug-likeness (QED) is 0.570. The number of nitrogens with zero attached hydrogens (tertiary/aromatic N) is 2. The van der Waals surface area contributed by atoms with E-state index < -0.39 is 11.8 Å². The Kier molecular flexibility index (Phi) is 5.50. The molecule has 2 rings (SSSR count). The van der Waals surface area contributed by atoms with Crippen LogP contribution in [0.1, 0.15) is 35.9 Å². The molecule has 0 aromatic carbocycles. The Labute approximate surface area is 128 Å². The van der Waals surface area contributed by atoms with E-state index in [4.69, 9.17) is 0 Å². The van der Waals surface area contributed by atoms with Crippen LogP contribution < -0.4 is 0 Å². The first-order valence-corrected chi connectivity index (χ1v) is 8.16. The Balaban J connectivity index is 1.78. The summed E-state index contributed by atoms with van der Waals surface area (Å²) in [6.07, 6.45) is 1.87. The molecule has 0 N–H and O–H groups in total. The Bertz CT molecular complexity index is 513. The fourth-order valence-corrected chi connectivity index (χ4v) is 3.10. The highest BCUT2D eigenvalue weighted by atomic mass is 32.1. The van der Waals surface area contributed by atoms with E-state index in [9.17, 15) is 14.4 Å². The second kappa shape index (κ2) is 7.36. The van der Waals surface area contributed by atoms with Gasteiger partial charge < -0.3 is 9.80 Å². The highest BCUT2D eigenvalue weighted by Crippen LogP contribution is 2.13. The van der Waals surface area contributed by atoms with E-state index in [-0.39, 0.29) is 5.78 Å². The summed E-state index contributed by atoms with van der Waals surface area (Å²) in [7, 11) is 0. The van der Waals surface area contributed by atoms with Crippen LogP contribution in [0.4, 0.5) is 0 Å². The van der Waals surface area contributed by atoms with Gasteiger partial charge in [-0.3, -0.25) is 14.4 Å². The van der Waals surface area contributed by atoms with Crippen LogP contribution in [0.2, 0.25) is 0 Å². The van der Waals surface area contributed by atoms with E-state index in [2.05, 4.69) is 0 Å². The lowest BCUT2D eigenvalue weighted by Crippen LogP contribution is -2.54. The summed E-state index contributed by atoms with van der Waals surface area (Å²) in [5.41, 5.74) is 0. The first kappa shape index (κ1) is 15.7. The minimum Gasteiger partial charge on any atom is -0.333 e. The van der Waals surface area contributed by atoms with Crippen LogP contribution in [0.15, 0.2) is 17.5 Å². The summed E-state index contributed by atoms with van der Waals surface area (Å²) in [5, 5.41) is 1.88. The number of thiophene rings is 1. The van der Waals surface area contributed by atoms with E-state index >= 15 is 0 Å². The summed E-state index contributed by atoms with van der Waals surface area (Å²) in [6.45, 7) is 4.26. The maximum atomic E-state index is 12.0. The molecular formula is C15H20N2O3S. The van der Waals surface area contributed by atoms with E-state index in [0.29, 0.717) is 39.0 Å². The second-order valence-corrected chi connectivity index (χ2v) is 6.04. The van der Waals surface area contributed by atoms with Crippen molar-refractivity contribution >= 4 is 28.9 Å². The van der Waals surface area contributed by atoms with E-state index in [0.717, 1.165) is 11.3 Å². The lowest BCUT2D eigenvalue weighted by molar-refractivity contribution is -0.156. The van der Waals surface area contributed by atoms with Crippen molar-refractivity contribution in [2.24, 2.45) is 0 Å². The summed E-state index contributed by atoms with van der Waals surface area (Å²) >= 11 is 1.43. The molecule has 2 heterocycles. The zero-order valence-corrected chi connectivity index (χ0v) is 13.0. The van der Waals surface area contributed by atoms with E-state index in [1.165, 1.54) is 11.3 Å². The van der Waals surface area contributed by atoms with Crippen LogP contribution >= 0.6 is 11.3 Å². The van der Waals surface area contributed by atoms with E-state index in [1.807, 2.05) is 24.4 Å². The van der Waals surface area contributed by atoms with Crippen molar-refractivity contribution in [3.63, 3.8) is 0 Å². The maximum Gasteiger partial charge on any atom is 0.312 e. The third-order valence-electron chi connectivity index (χ3n) is 3.52. The van der Waals surface area contributed by atoms with Gasteiger partial charge in [-0.2, -0.15) is 0 Å². The standard InChI is InChI=1S/C15H20N2O3S/c1-2-7-16-9-10-17(15(20)14(16)19)8-3-5-12(18)13-6-4-11-21-13/h4,6,11H,2-3,5,7-10H2,1H3. The lowest BCUT2D eigenvalue weighted by atomic mass is 10.1. The monoisotopic (exact) mass is 308 g/mol. The van der Waals surface area contributed by atoms with Gasteiger partial charge in [-0.25, -0.2) is 0 Å². The molecule has 114 valence electrons. The summed E-state index contributed by atoms with van der Waals surface area (Å²) < 4.78 is 0. The number of hydrogen-bond acceptors (Lipinski definition) is 4. The fraction of sp³-hybridized carbons (Fsp3) is 0.533. The molecule has 1 fully saturated rings. The second-order valence-electron chi connectivity index (χ2n) is 5.09. The van der Waals surface area contributed by atoms with Gasteiger partial charge in [-0.15, -0.1) is 11.3 Å². The van der Waals surface area contributed by atoms with Gasteiger partial charge in [0.05, 0.1) is 4.88 Å². The van der Waals surface area contributed by atoms with Gasteiger partial charge in [0.1, 0.15) is 0 Å². The number of carbonyl (C=O) groups excluding carboxylic acids is 3. The van der Waals surface area contributed by atoms with Crippen LogP contribution in [-0.4, -0.2) is 53.6 Å². The van der Waals surface area contributed by atoms with Crippen LogP contribution in [0.25, 0.3) is 0 Å². The predicted molar refractivity (Wildman–Crippen MR) is 81.3 cm³/mol. The van der Waals surface area contributed by atoms with Crippen LogP contribution in [0.3, 0.4) is 0 Å². The Morgan fingerprint density at radius 2 is 1.86 bits per heavy atom. The average molecular weight is 308 g/mol. The Hall–Kier alpha value is -1.69. The van der Waals surface area contributed by atoms with Crippen molar-refractivity contribution in [1.82, 2.24) is 9.80 Å². The molecule has 0 aliphatic carbocycles. The molecule has 1 saturated heterocycles. The smallest absolute Gasteiger partial charge is 0.312 e. The van der Waals surface area contributed by atoms with Gasteiger partial charge in [0.25, 0.3) is 0 Å². The van der Waals surface area contributed by atoms with Crippen molar-refractivity contribution in [2.45, 2.75) is 26.2 Å². The van der Waals surface area contributed by atoms with E-state index in [1.54, 1.807) is 9.80 Å². The third-order valence-corrected chi connectivity index (χ3v) is 4.43. The number of amides is 2. The normalized spacial score (nSPS) is 15.7. The number of ketones is 1. The molecule has 1 aromatic rings. The topological polar surface area (TPSA) is 57.7 Å². The molecule has 1 aliphatic heterocycles. The summed E-state index contributed by atoms with van der Waals surface area (Å²) in [6, 6.07) is 3.66. The Morgan fingerprint density at radius 3 is 2.43 bits per heavy atom. The number of hydrogen-bond donors (Lipinski definition) is 0. The third kappa shape index (κ3) is 3.91. The van der Waals surface area contributed by atoms with Crippen molar-refractivity contribution < 1.29 is 14.4 Å². The molecule has 0 unspecified atom stereocenters. The zero-order chi connectivity index (χ0) is 15.2. The minimum absolute atomic E-state index is 0.105. The Morgan fingerprint density at radius 1 is 1.19 bits per heavy atom. The van der Waals surface area contributed by atoms with Crippen molar-refractivity contribution in [1.29, 1.82) is 0 Å². The van der Waals surface area contributed by atoms with Crippen molar-refractivity contribution in [3.05, 3.63) is 22.4 Å². The molecule has 0 atom stereocenters. The SMILES string of the molecule is CCCN1CCN(CCCC(=O)c2cccs2)C(=O)C1=O. The molecule has 6 heteroatoms. The number of piperazine rings is 1. The summed E-state index contributed by atoms with van der Waals surface area (Å²) in [5.74, 6) is -0.737. The molecule has 0 bridgehead atoms. The highest BCUT2D eigenvalue weighted by Gasteiger charge is 2.31. The molecule has 0 saturated carbocycles. The number of carbonyl (C=O) groups is 3. The van der Waals surface area contributed by atoms with Crippen LogP contribution in [-0.2, 0) is 9.59 Å². The van der Waals surface area contributed by atoms with Gasteiger partial charge in [-0.1, -0.05) is 13.0 Å². The highest BCUT2D eigenvalue weighted by molar-refractivity contribution is 7.12. The predicted octanol–water partition coefficient (Wildman–Crippen LogP) is 1.79. The largest absolute Gasteiger partial charge is 0.333 e. The first-order valence-electron chi connectivity index (χ1n) is 7.28. The first-order chi connectivity index (χ1) is 10.1. The van der Waals surface area contributed by atoms with Crippen LogP contribution in [0.5, 0.6) is 0 Å². The van der Waals surface area contributed by atoms with Gasteiger partial charge in [0.15, 0.2) is 5.78 Å². The molecule has 2 amide bonds. The van der Waals surface area contributed by atoms with Gasteiger partial charge >= 0.3 is 11.8 Å². The van der Waals surface area contributed by atoms with Crippen molar-refractivity contribution in [2.75, 3.05) is 26.2 Å². The lowest BCUT2D eigenvalue weighted by Gasteiger charge is -2.33. The zero-order valence-electron chi connectivity index (χ0n) is 12.2. The number of rotatable bonds is 7. The van der Waals surface area contributed by atoms with Gasteiger partial charge in [-0.05, 0) is 24.3 Å². The van der Waals surface area contributed by atoms with Crippen molar-refractivity contribution in [3.8, 4) is 0 Å². The molecule has 1 aliphatic rings. The molecule has 5 nitrogen and oxygen atoms in total. The fourth-order valence-electron chi connectivity index (χ4n) is 2.40. The maximum absolute atomic E-state index is 12.0. The number of Topliss-reactive ketones (excluding diaryl/α,β-unsaturated/α-hetero) is 1.